The predicted octanol–water partition coefficient (Wildman–Crippen LogP) is -1.27. The standard InChI is InChI=1S/C7H14O5/c1-10-4-3-12-7(9)5(8)6(4)11-2/h4-9H,3H2,1-2H3/t4-,5-,6+,7+/m1/s1. The molecule has 4 atom stereocenters. The van der Waals surface area contributed by atoms with E-state index in [0.717, 1.165) is 0 Å². The zero-order valence-electron chi connectivity index (χ0n) is 7.14. The van der Waals surface area contributed by atoms with E-state index in [9.17, 15) is 5.11 Å². The van der Waals surface area contributed by atoms with E-state index in [0.29, 0.717) is 0 Å². The van der Waals surface area contributed by atoms with Crippen molar-refractivity contribution in [2.45, 2.75) is 24.6 Å². The number of rotatable bonds is 2. The molecule has 1 aliphatic heterocycles. The SMILES string of the molecule is CO[C@@H]1[C@@H](O)[C@@H](O)OC[C@H]1OC. The normalized spacial score (nSPS) is 43.0. The summed E-state index contributed by atoms with van der Waals surface area (Å²) in [4.78, 5) is 0. The van der Waals surface area contributed by atoms with Crippen LogP contribution in [0.1, 0.15) is 0 Å². The molecule has 0 aromatic rings. The van der Waals surface area contributed by atoms with Crippen molar-refractivity contribution in [3.8, 4) is 0 Å². The topological polar surface area (TPSA) is 68.2 Å². The Balaban J connectivity index is 2.58. The molecule has 2 N–H and O–H groups in total. The van der Waals surface area contributed by atoms with Crippen LogP contribution in [0.3, 0.4) is 0 Å². The minimum atomic E-state index is -1.18. The van der Waals surface area contributed by atoms with Gasteiger partial charge in [0.25, 0.3) is 0 Å². The Morgan fingerprint density at radius 1 is 1.25 bits per heavy atom. The van der Waals surface area contributed by atoms with Crippen LogP contribution in [0.4, 0.5) is 0 Å². The molecule has 1 saturated heterocycles. The minimum Gasteiger partial charge on any atom is -0.385 e. The first-order valence-corrected chi connectivity index (χ1v) is 3.74. The highest BCUT2D eigenvalue weighted by atomic mass is 16.6. The Morgan fingerprint density at radius 3 is 2.42 bits per heavy atom. The van der Waals surface area contributed by atoms with Gasteiger partial charge in [-0.05, 0) is 0 Å². The van der Waals surface area contributed by atoms with Gasteiger partial charge in [-0.1, -0.05) is 0 Å². The van der Waals surface area contributed by atoms with Gasteiger partial charge in [0, 0.05) is 14.2 Å². The quantitative estimate of drug-likeness (QED) is 0.551. The third-order valence-corrected chi connectivity index (χ3v) is 2.00. The van der Waals surface area contributed by atoms with Gasteiger partial charge in [0.05, 0.1) is 6.61 Å². The zero-order valence-corrected chi connectivity index (χ0v) is 7.14. The molecule has 0 radical (unpaired) electrons. The Labute approximate surface area is 70.9 Å². The van der Waals surface area contributed by atoms with Crippen molar-refractivity contribution in [2.75, 3.05) is 20.8 Å². The maximum absolute atomic E-state index is 9.36. The Bertz CT molecular complexity index is 138. The Morgan fingerprint density at radius 2 is 1.92 bits per heavy atom. The molecule has 5 heteroatoms. The van der Waals surface area contributed by atoms with Crippen LogP contribution in [0.25, 0.3) is 0 Å². The van der Waals surface area contributed by atoms with Crippen LogP contribution < -0.4 is 0 Å². The van der Waals surface area contributed by atoms with Gasteiger partial charge in [-0.15, -0.1) is 0 Å². The van der Waals surface area contributed by atoms with Gasteiger partial charge in [0.1, 0.15) is 18.3 Å². The fourth-order valence-corrected chi connectivity index (χ4v) is 1.26. The van der Waals surface area contributed by atoms with Crippen LogP contribution in [0.15, 0.2) is 0 Å². The smallest absolute Gasteiger partial charge is 0.183 e. The van der Waals surface area contributed by atoms with Crippen LogP contribution in [0.5, 0.6) is 0 Å². The lowest BCUT2D eigenvalue weighted by atomic mass is 10.1. The second-order valence-corrected chi connectivity index (χ2v) is 2.69. The molecule has 1 rings (SSSR count). The third kappa shape index (κ3) is 1.75. The van der Waals surface area contributed by atoms with Crippen molar-refractivity contribution in [3.63, 3.8) is 0 Å². The number of aliphatic hydroxyl groups excluding tert-OH is 2. The van der Waals surface area contributed by atoms with Crippen molar-refractivity contribution in [2.24, 2.45) is 0 Å². The first-order valence-electron chi connectivity index (χ1n) is 3.74. The molecular weight excluding hydrogens is 164 g/mol. The summed E-state index contributed by atoms with van der Waals surface area (Å²) < 4.78 is 14.8. The van der Waals surface area contributed by atoms with Crippen LogP contribution in [0.2, 0.25) is 0 Å². The summed E-state index contributed by atoms with van der Waals surface area (Å²) >= 11 is 0. The van der Waals surface area contributed by atoms with Crippen LogP contribution >= 0.6 is 0 Å². The molecular formula is C7H14O5. The number of aliphatic hydroxyl groups is 2. The monoisotopic (exact) mass is 178 g/mol. The summed E-state index contributed by atoms with van der Waals surface area (Å²) in [5, 5.41) is 18.4. The molecule has 1 fully saturated rings. The largest absolute Gasteiger partial charge is 0.385 e. The molecule has 1 heterocycles. The van der Waals surface area contributed by atoms with Crippen LogP contribution in [-0.2, 0) is 14.2 Å². The third-order valence-electron chi connectivity index (χ3n) is 2.00. The van der Waals surface area contributed by atoms with E-state index in [2.05, 4.69) is 0 Å². The predicted molar refractivity (Wildman–Crippen MR) is 39.6 cm³/mol. The molecule has 72 valence electrons. The number of methoxy groups -OCH3 is 2. The summed E-state index contributed by atoms with van der Waals surface area (Å²) in [5.74, 6) is 0. The van der Waals surface area contributed by atoms with E-state index in [1.54, 1.807) is 0 Å². The highest BCUT2D eigenvalue weighted by Gasteiger charge is 2.38. The van der Waals surface area contributed by atoms with Crippen molar-refractivity contribution >= 4 is 0 Å². The first kappa shape index (κ1) is 9.88. The summed E-state index contributed by atoms with van der Waals surface area (Å²) in [7, 11) is 2.96. The minimum absolute atomic E-state index is 0.229. The Kier molecular flexibility index (Phi) is 3.42. The second kappa shape index (κ2) is 4.15. The summed E-state index contributed by atoms with van der Waals surface area (Å²) in [5.41, 5.74) is 0. The molecule has 0 aromatic heterocycles. The fraction of sp³-hybridized carbons (Fsp3) is 1.00. The van der Waals surface area contributed by atoms with E-state index < -0.39 is 18.5 Å². The zero-order chi connectivity index (χ0) is 9.14. The highest BCUT2D eigenvalue weighted by molar-refractivity contribution is 4.83. The maximum Gasteiger partial charge on any atom is 0.183 e. The fourth-order valence-electron chi connectivity index (χ4n) is 1.26. The molecule has 0 amide bonds. The lowest BCUT2D eigenvalue weighted by molar-refractivity contribution is -0.261. The molecule has 0 aromatic carbocycles. The average molecular weight is 178 g/mol. The summed E-state index contributed by atoms with van der Waals surface area (Å²) in [6.45, 7) is 0.229. The number of hydrogen-bond donors (Lipinski definition) is 2. The van der Waals surface area contributed by atoms with Crippen molar-refractivity contribution in [3.05, 3.63) is 0 Å². The Hall–Kier alpha value is -0.200. The lowest BCUT2D eigenvalue weighted by Crippen LogP contribution is -2.54. The van der Waals surface area contributed by atoms with E-state index in [-0.39, 0.29) is 12.7 Å². The molecule has 0 aliphatic carbocycles. The molecule has 0 unspecified atom stereocenters. The molecule has 12 heavy (non-hydrogen) atoms. The van der Waals surface area contributed by atoms with Crippen molar-refractivity contribution in [1.29, 1.82) is 0 Å². The van der Waals surface area contributed by atoms with E-state index in [1.165, 1.54) is 14.2 Å². The van der Waals surface area contributed by atoms with Crippen molar-refractivity contribution < 1.29 is 24.4 Å². The lowest BCUT2D eigenvalue weighted by Gasteiger charge is -2.36. The van der Waals surface area contributed by atoms with E-state index in [1.807, 2.05) is 0 Å². The summed E-state index contributed by atoms with van der Waals surface area (Å²) in [6.07, 6.45) is -3.08. The van der Waals surface area contributed by atoms with E-state index >= 15 is 0 Å². The highest BCUT2D eigenvalue weighted by Crippen LogP contribution is 2.17. The van der Waals surface area contributed by atoms with Crippen LogP contribution in [-0.4, -0.2) is 55.6 Å². The molecule has 1 aliphatic rings. The van der Waals surface area contributed by atoms with Gasteiger partial charge in [-0.25, -0.2) is 0 Å². The van der Waals surface area contributed by atoms with Crippen LogP contribution in [0, 0.1) is 0 Å². The average Bonchev–Trinajstić information content (AvgIpc) is 2.09. The summed E-state index contributed by atoms with van der Waals surface area (Å²) in [6, 6.07) is 0. The first-order chi connectivity index (χ1) is 5.70. The number of ether oxygens (including phenoxy) is 3. The van der Waals surface area contributed by atoms with Gasteiger partial charge in [0.2, 0.25) is 0 Å². The van der Waals surface area contributed by atoms with Crippen molar-refractivity contribution in [1.82, 2.24) is 0 Å². The molecule has 0 saturated carbocycles. The number of hydrogen-bond acceptors (Lipinski definition) is 5. The second-order valence-electron chi connectivity index (χ2n) is 2.69. The maximum atomic E-state index is 9.36. The van der Waals surface area contributed by atoms with Gasteiger partial charge in [-0.2, -0.15) is 0 Å². The van der Waals surface area contributed by atoms with E-state index in [4.69, 9.17) is 19.3 Å². The molecule has 0 bridgehead atoms. The van der Waals surface area contributed by atoms with Gasteiger partial charge in [0.15, 0.2) is 6.29 Å². The molecule has 5 nitrogen and oxygen atoms in total. The van der Waals surface area contributed by atoms with Gasteiger partial charge >= 0.3 is 0 Å². The van der Waals surface area contributed by atoms with Gasteiger partial charge < -0.3 is 24.4 Å². The van der Waals surface area contributed by atoms with Gasteiger partial charge in [-0.3, -0.25) is 0 Å². The molecule has 0 spiro atoms.